The van der Waals surface area contributed by atoms with Gasteiger partial charge in [-0.05, 0) is 26.3 Å². The monoisotopic (exact) mass is 292 g/mol. The molecule has 1 atom stereocenters. The van der Waals surface area contributed by atoms with E-state index in [-0.39, 0.29) is 0 Å². The van der Waals surface area contributed by atoms with Crippen LogP contribution in [0.15, 0.2) is 30.3 Å². The van der Waals surface area contributed by atoms with Gasteiger partial charge in [0, 0.05) is 12.5 Å². The first kappa shape index (κ1) is 16.7. The Morgan fingerprint density at radius 2 is 1.67 bits per heavy atom. The third-order valence-electron chi connectivity index (χ3n) is 2.84. The van der Waals surface area contributed by atoms with E-state index in [1.807, 2.05) is 0 Å². The molecule has 0 aliphatic rings. The summed E-state index contributed by atoms with van der Waals surface area (Å²) in [6.45, 7) is 6.37. The van der Waals surface area contributed by atoms with Crippen molar-refractivity contribution in [1.29, 1.82) is 0 Å². The first-order chi connectivity index (χ1) is 9.64. The third-order valence-corrected chi connectivity index (χ3v) is 2.84. The lowest BCUT2D eigenvalue weighted by Gasteiger charge is -2.33. The SMILES string of the molecule is CC(=O)N(C(=O)NC(C(=O)O)c1ccccc1)C(C)(C)C. The molecule has 0 saturated heterocycles. The van der Waals surface area contributed by atoms with Crippen LogP contribution in [-0.2, 0) is 9.59 Å². The van der Waals surface area contributed by atoms with Crippen LogP contribution in [0.2, 0.25) is 0 Å². The van der Waals surface area contributed by atoms with Gasteiger partial charge in [0.05, 0.1) is 0 Å². The summed E-state index contributed by atoms with van der Waals surface area (Å²) >= 11 is 0. The second-order valence-electron chi connectivity index (χ2n) is 5.66. The van der Waals surface area contributed by atoms with E-state index in [0.29, 0.717) is 5.56 Å². The molecule has 0 aromatic heterocycles. The van der Waals surface area contributed by atoms with E-state index in [0.717, 1.165) is 4.90 Å². The molecule has 0 aliphatic heterocycles. The number of benzene rings is 1. The number of carbonyl (C=O) groups is 3. The summed E-state index contributed by atoms with van der Waals surface area (Å²) in [5.74, 6) is -1.64. The van der Waals surface area contributed by atoms with Gasteiger partial charge in [-0.1, -0.05) is 30.3 Å². The Morgan fingerprint density at radius 3 is 2.05 bits per heavy atom. The van der Waals surface area contributed by atoms with Crippen molar-refractivity contribution < 1.29 is 19.5 Å². The number of rotatable bonds is 3. The molecule has 0 aliphatic carbocycles. The minimum Gasteiger partial charge on any atom is -0.479 e. The highest BCUT2D eigenvalue weighted by Crippen LogP contribution is 2.17. The number of carbonyl (C=O) groups excluding carboxylic acids is 2. The molecule has 6 heteroatoms. The van der Waals surface area contributed by atoms with Crippen molar-refractivity contribution in [2.24, 2.45) is 0 Å². The van der Waals surface area contributed by atoms with Crippen LogP contribution in [0.4, 0.5) is 4.79 Å². The van der Waals surface area contributed by atoms with E-state index in [1.54, 1.807) is 51.1 Å². The molecule has 1 aromatic carbocycles. The zero-order valence-electron chi connectivity index (χ0n) is 12.6. The molecule has 2 N–H and O–H groups in total. The van der Waals surface area contributed by atoms with Gasteiger partial charge in [-0.3, -0.25) is 9.69 Å². The van der Waals surface area contributed by atoms with Gasteiger partial charge in [-0.15, -0.1) is 0 Å². The van der Waals surface area contributed by atoms with Gasteiger partial charge < -0.3 is 10.4 Å². The predicted octanol–water partition coefficient (Wildman–Crippen LogP) is 2.17. The number of hydrogen-bond acceptors (Lipinski definition) is 3. The normalized spacial score (nSPS) is 12.4. The molecular weight excluding hydrogens is 272 g/mol. The minimum atomic E-state index is -1.21. The maximum atomic E-state index is 12.3. The lowest BCUT2D eigenvalue weighted by Crippen LogP contribution is -2.54. The van der Waals surface area contributed by atoms with Crippen LogP contribution in [0.3, 0.4) is 0 Å². The van der Waals surface area contributed by atoms with Crippen molar-refractivity contribution in [2.75, 3.05) is 0 Å². The van der Waals surface area contributed by atoms with E-state index in [2.05, 4.69) is 5.32 Å². The number of hydrogen-bond donors (Lipinski definition) is 2. The Morgan fingerprint density at radius 1 is 1.14 bits per heavy atom. The summed E-state index contributed by atoms with van der Waals surface area (Å²) in [7, 11) is 0. The molecular formula is C15H20N2O4. The largest absolute Gasteiger partial charge is 0.479 e. The second kappa shape index (κ2) is 6.39. The molecule has 6 nitrogen and oxygen atoms in total. The fourth-order valence-corrected chi connectivity index (χ4v) is 2.04. The summed E-state index contributed by atoms with van der Waals surface area (Å²) in [4.78, 5) is 36.3. The van der Waals surface area contributed by atoms with Crippen LogP contribution in [-0.4, -0.2) is 33.5 Å². The first-order valence-electron chi connectivity index (χ1n) is 6.53. The van der Waals surface area contributed by atoms with Gasteiger partial charge >= 0.3 is 12.0 Å². The average Bonchev–Trinajstić information content (AvgIpc) is 2.34. The molecule has 0 saturated carbocycles. The average molecular weight is 292 g/mol. The van der Waals surface area contributed by atoms with Crippen LogP contribution in [0.25, 0.3) is 0 Å². The maximum Gasteiger partial charge on any atom is 0.330 e. The Balaban J connectivity index is 3.02. The van der Waals surface area contributed by atoms with Crippen molar-refractivity contribution in [3.05, 3.63) is 35.9 Å². The summed E-state index contributed by atoms with van der Waals surface area (Å²) < 4.78 is 0. The van der Waals surface area contributed by atoms with Gasteiger partial charge in [-0.2, -0.15) is 0 Å². The van der Waals surface area contributed by atoms with Crippen LogP contribution < -0.4 is 5.32 Å². The van der Waals surface area contributed by atoms with E-state index >= 15 is 0 Å². The number of nitrogens with zero attached hydrogens (tertiary/aromatic N) is 1. The number of urea groups is 1. The van der Waals surface area contributed by atoms with Crippen molar-refractivity contribution in [1.82, 2.24) is 10.2 Å². The predicted molar refractivity (Wildman–Crippen MR) is 77.6 cm³/mol. The molecule has 21 heavy (non-hydrogen) atoms. The molecule has 1 aromatic rings. The molecule has 1 rings (SSSR count). The summed E-state index contributed by atoms with van der Waals surface area (Å²) in [5, 5.41) is 11.7. The van der Waals surface area contributed by atoms with Crippen LogP contribution in [0.1, 0.15) is 39.3 Å². The third kappa shape index (κ3) is 4.30. The van der Waals surface area contributed by atoms with Crippen LogP contribution in [0.5, 0.6) is 0 Å². The summed E-state index contributed by atoms with van der Waals surface area (Å²) in [6.07, 6.45) is 0. The van der Waals surface area contributed by atoms with Crippen LogP contribution in [0, 0.1) is 0 Å². The first-order valence-corrected chi connectivity index (χ1v) is 6.53. The lowest BCUT2D eigenvalue weighted by atomic mass is 10.1. The molecule has 0 fully saturated rings. The molecule has 0 heterocycles. The zero-order chi connectivity index (χ0) is 16.2. The van der Waals surface area contributed by atoms with Gasteiger partial charge in [0.1, 0.15) is 0 Å². The van der Waals surface area contributed by atoms with E-state index in [9.17, 15) is 19.5 Å². The highest BCUT2D eigenvalue weighted by molar-refractivity contribution is 5.95. The standard InChI is InChI=1S/C15H20N2O4/c1-10(18)17(15(2,3)4)14(21)16-12(13(19)20)11-8-6-5-7-9-11/h5-9,12H,1-4H3,(H,16,21)(H,19,20). The Kier molecular flexibility index (Phi) is 5.07. The number of amides is 3. The number of nitrogens with one attached hydrogen (secondary N) is 1. The molecule has 0 spiro atoms. The van der Waals surface area contributed by atoms with Gasteiger partial charge in [0.25, 0.3) is 0 Å². The zero-order valence-corrected chi connectivity index (χ0v) is 12.6. The molecule has 0 bridgehead atoms. The Hall–Kier alpha value is -2.37. The van der Waals surface area contributed by atoms with Crippen LogP contribution >= 0.6 is 0 Å². The molecule has 114 valence electrons. The Labute approximate surface area is 123 Å². The number of carboxylic acid groups (broad SMARTS) is 1. The van der Waals surface area contributed by atoms with E-state index in [1.165, 1.54) is 6.92 Å². The number of aliphatic carboxylic acids is 1. The fourth-order valence-electron chi connectivity index (χ4n) is 2.04. The molecule has 3 amide bonds. The maximum absolute atomic E-state index is 12.3. The quantitative estimate of drug-likeness (QED) is 0.893. The highest BCUT2D eigenvalue weighted by Gasteiger charge is 2.33. The minimum absolute atomic E-state index is 0.441. The molecule has 0 radical (unpaired) electrons. The smallest absolute Gasteiger partial charge is 0.330 e. The number of carboxylic acids is 1. The van der Waals surface area contributed by atoms with Crippen molar-refractivity contribution in [3.8, 4) is 0 Å². The number of imide groups is 1. The van der Waals surface area contributed by atoms with Gasteiger partial charge in [0.2, 0.25) is 5.91 Å². The molecule has 1 unspecified atom stereocenters. The van der Waals surface area contributed by atoms with E-state index < -0.39 is 29.5 Å². The topological polar surface area (TPSA) is 86.7 Å². The fraction of sp³-hybridized carbons (Fsp3) is 0.400. The Bertz CT molecular complexity index is 534. The van der Waals surface area contributed by atoms with Crippen molar-refractivity contribution in [3.63, 3.8) is 0 Å². The summed E-state index contributed by atoms with van der Waals surface area (Å²) in [5.41, 5.74) is -0.300. The highest BCUT2D eigenvalue weighted by atomic mass is 16.4. The second-order valence-corrected chi connectivity index (χ2v) is 5.66. The lowest BCUT2D eigenvalue weighted by molar-refractivity contribution is -0.140. The van der Waals surface area contributed by atoms with Crippen molar-refractivity contribution in [2.45, 2.75) is 39.3 Å². The van der Waals surface area contributed by atoms with E-state index in [4.69, 9.17) is 0 Å². The van der Waals surface area contributed by atoms with Crippen molar-refractivity contribution >= 4 is 17.9 Å². The van der Waals surface area contributed by atoms with Gasteiger partial charge in [-0.25, -0.2) is 9.59 Å². The van der Waals surface area contributed by atoms with Gasteiger partial charge in [0.15, 0.2) is 6.04 Å². The summed E-state index contributed by atoms with van der Waals surface area (Å²) in [6, 6.07) is 6.40.